The molecule has 0 bridgehead atoms. The van der Waals surface area contributed by atoms with E-state index in [1.165, 1.54) is 37.3 Å². The molecule has 1 saturated heterocycles. The maximum atomic E-state index is 14.7. The van der Waals surface area contributed by atoms with E-state index in [1.54, 1.807) is 11.0 Å². The van der Waals surface area contributed by atoms with Crippen molar-refractivity contribution in [3.05, 3.63) is 59.2 Å². The molecule has 0 spiro atoms. The summed E-state index contributed by atoms with van der Waals surface area (Å²) in [5.41, 5.74) is 0.905. The zero-order chi connectivity index (χ0) is 26.5. The minimum absolute atomic E-state index is 0.0616. The largest absolute Gasteiger partial charge is 0.343 e. The fourth-order valence-electron chi connectivity index (χ4n) is 4.27. The number of aryl methyl sites for hydroxylation is 1. The lowest BCUT2D eigenvalue weighted by Crippen LogP contribution is -2.42. The second-order valence-electron chi connectivity index (χ2n) is 9.57. The topological polar surface area (TPSA) is 86.8 Å². The van der Waals surface area contributed by atoms with Gasteiger partial charge in [-0.1, -0.05) is 12.1 Å². The fraction of sp³-hybridized carbons (Fsp3) is 0.462. The molecule has 36 heavy (non-hydrogen) atoms. The van der Waals surface area contributed by atoms with E-state index in [0.717, 1.165) is 0 Å². The van der Waals surface area contributed by atoms with Gasteiger partial charge in [0.1, 0.15) is 11.6 Å². The third kappa shape index (κ3) is 7.65. The van der Waals surface area contributed by atoms with Crippen LogP contribution in [-0.2, 0) is 14.8 Å². The van der Waals surface area contributed by atoms with Crippen molar-refractivity contribution in [3.8, 4) is 11.1 Å². The van der Waals surface area contributed by atoms with Crippen LogP contribution in [0.3, 0.4) is 0 Å². The number of hydrogen-bond donors (Lipinski definition) is 1. The van der Waals surface area contributed by atoms with Gasteiger partial charge in [-0.2, -0.15) is 0 Å². The number of carbonyl (C=O) groups is 2. The molecule has 0 unspecified atom stereocenters. The lowest BCUT2D eigenvalue weighted by molar-refractivity contribution is -0.132. The third-order valence-corrected chi connectivity index (χ3v) is 7.86. The number of benzene rings is 2. The van der Waals surface area contributed by atoms with Crippen molar-refractivity contribution in [1.29, 1.82) is 0 Å². The number of nitrogens with one attached hydrogen (secondary N) is 1. The lowest BCUT2D eigenvalue weighted by Gasteiger charge is -2.32. The van der Waals surface area contributed by atoms with E-state index in [-0.39, 0.29) is 28.7 Å². The van der Waals surface area contributed by atoms with Crippen molar-refractivity contribution in [2.24, 2.45) is 5.92 Å². The Balaban J connectivity index is 1.58. The van der Waals surface area contributed by atoms with Crippen LogP contribution in [0.2, 0.25) is 0 Å². The Hall–Kier alpha value is -2.69. The fourth-order valence-corrected chi connectivity index (χ4v) is 5.70. The molecule has 1 aliphatic rings. The Labute approximate surface area is 211 Å². The Kier molecular flexibility index (Phi) is 9.32. The molecule has 10 heteroatoms. The van der Waals surface area contributed by atoms with Crippen molar-refractivity contribution in [1.82, 2.24) is 14.5 Å². The Morgan fingerprint density at radius 3 is 2.42 bits per heavy atom. The monoisotopic (exact) mass is 521 g/mol. The van der Waals surface area contributed by atoms with Crippen LogP contribution < -0.4 is 4.72 Å². The normalized spacial score (nSPS) is 14.9. The second kappa shape index (κ2) is 12.0. The highest BCUT2D eigenvalue weighted by molar-refractivity contribution is 7.89. The minimum Gasteiger partial charge on any atom is -0.343 e. The summed E-state index contributed by atoms with van der Waals surface area (Å²) in [6.45, 7) is 2.59. The van der Waals surface area contributed by atoms with Crippen LogP contribution >= 0.6 is 0 Å². The highest BCUT2D eigenvalue weighted by Crippen LogP contribution is 2.26. The van der Waals surface area contributed by atoms with Crippen LogP contribution in [-0.4, -0.2) is 75.9 Å². The standard InChI is InChI=1S/C26H33F2N3O4S/c1-18-13-21(20-5-4-6-22(27)14-20)15-23(26(18)28)24(32)16-29-36(34,35)17-19-7-11-31(12-8-19)25(33)9-10-30(2)3/h4-6,13-15,19,29H,7-12,16-17H2,1-3H3. The Morgan fingerprint density at radius 1 is 1.08 bits per heavy atom. The van der Waals surface area contributed by atoms with Crippen LogP contribution in [0.4, 0.5) is 8.78 Å². The number of ketones is 1. The van der Waals surface area contributed by atoms with Gasteiger partial charge >= 0.3 is 0 Å². The Morgan fingerprint density at radius 2 is 1.78 bits per heavy atom. The van der Waals surface area contributed by atoms with E-state index in [4.69, 9.17) is 0 Å². The molecule has 0 saturated carbocycles. The van der Waals surface area contributed by atoms with Gasteiger partial charge in [-0.3, -0.25) is 9.59 Å². The Bertz CT molecular complexity index is 1210. The molecule has 1 fully saturated rings. The molecule has 1 N–H and O–H groups in total. The molecule has 1 aliphatic heterocycles. The van der Waals surface area contributed by atoms with Crippen molar-refractivity contribution < 1.29 is 26.8 Å². The van der Waals surface area contributed by atoms with Gasteiger partial charge in [0, 0.05) is 26.1 Å². The number of amides is 1. The van der Waals surface area contributed by atoms with Gasteiger partial charge in [-0.25, -0.2) is 21.9 Å². The molecule has 7 nitrogen and oxygen atoms in total. The molecule has 0 radical (unpaired) electrons. The molecule has 3 rings (SSSR count). The van der Waals surface area contributed by atoms with E-state index in [1.807, 2.05) is 19.0 Å². The summed E-state index contributed by atoms with van der Waals surface area (Å²) in [5, 5.41) is 0. The number of sulfonamides is 1. The zero-order valence-electron chi connectivity index (χ0n) is 20.9. The van der Waals surface area contributed by atoms with Gasteiger partial charge in [-0.15, -0.1) is 0 Å². The number of halogens is 2. The summed E-state index contributed by atoms with van der Waals surface area (Å²) in [7, 11) is 0.0158. The first-order valence-electron chi connectivity index (χ1n) is 11.9. The number of nitrogens with zero attached hydrogens (tertiary/aromatic N) is 2. The van der Waals surface area contributed by atoms with Crippen LogP contribution in [0.5, 0.6) is 0 Å². The average Bonchev–Trinajstić information content (AvgIpc) is 2.83. The zero-order valence-corrected chi connectivity index (χ0v) is 21.7. The van der Waals surface area contributed by atoms with Crippen LogP contribution in [0, 0.1) is 24.5 Å². The van der Waals surface area contributed by atoms with Gasteiger partial charge in [0.15, 0.2) is 5.78 Å². The van der Waals surface area contributed by atoms with Crippen molar-refractivity contribution in [3.63, 3.8) is 0 Å². The van der Waals surface area contributed by atoms with Crippen LogP contribution in [0.15, 0.2) is 36.4 Å². The number of carbonyl (C=O) groups excluding carboxylic acids is 2. The molecular formula is C26H33F2N3O4S. The van der Waals surface area contributed by atoms with E-state index in [0.29, 0.717) is 50.0 Å². The molecule has 0 aliphatic carbocycles. The molecular weight excluding hydrogens is 488 g/mol. The van der Waals surface area contributed by atoms with E-state index < -0.39 is 34.0 Å². The van der Waals surface area contributed by atoms with Crippen LogP contribution in [0.25, 0.3) is 11.1 Å². The predicted octanol–water partition coefficient (Wildman–Crippen LogP) is 3.23. The van der Waals surface area contributed by atoms with E-state index in [9.17, 15) is 26.8 Å². The van der Waals surface area contributed by atoms with Gasteiger partial charge in [0.2, 0.25) is 15.9 Å². The predicted molar refractivity (Wildman–Crippen MR) is 135 cm³/mol. The summed E-state index contributed by atoms with van der Waals surface area (Å²) < 4.78 is 55.9. The molecule has 1 amide bonds. The highest BCUT2D eigenvalue weighted by Gasteiger charge is 2.27. The van der Waals surface area contributed by atoms with Crippen LogP contribution in [0.1, 0.15) is 35.2 Å². The number of piperidine rings is 1. The average molecular weight is 522 g/mol. The number of hydrogen-bond acceptors (Lipinski definition) is 5. The number of likely N-dealkylation sites (tertiary alicyclic amines) is 1. The summed E-state index contributed by atoms with van der Waals surface area (Å²) >= 11 is 0. The lowest BCUT2D eigenvalue weighted by atomic mass is 9.97. The highest BCUT2D eigenvalue weighted by atomic mass is 32.2. The second-order valence-corrected chi connectivity index (χ2v) is 11.4. The smallest absolute Gasteiger partial charge is 0.223 e. The molecule has 196 valence electrons. The maximum Gasteiger partial charge on any atom is 0.223 e. The van der Waals surface area contributed by atoms with Crippen molar-refractivity contribution >= 4 is 21.7 Å². The molecule has 1 heterocycles. The molecule has 2 aromatic rings. The number of rotatable bonds is 10. The summed E-state index contributed by atoms with van der Waals surface area (Å²) in [5.74, 6) is -2.13. The maximum absolute atomic E-state index is 14.7. The molecule has 0 atom stereocenters. The summed E-state index contributed by atoms with van der Waals surface area (Å²) in [4.78, 5) is 28.7. The summed E-state index contributed by atoms with van der Waals surface area (Å²) in [6, 6.07) is 8.56. The SMILES string of the molecule is Cc1cc(-c2cccc(F)c2)cc(C(=O)CNS(=O)(=O)CC2CCN(C(=O)CCN(C)C)CC2)c1F. The van der Waals surface area contributed by atoms with Gasteiger partial charge in [0.25, 0.3) is 0 Å². The third-order valence-electron chi connectivity index (χ3n) is 6.36. The van der Waals surface area contributed by atoms with E-state index >= 15 is 0 Å². The van der Waals surface area contributed by atoms with Gasteiger partial charge in [0.05, 0.1) is 17.9 Å². The number of Topliss-reactive ketones (excluding diaryl/α,β-unsaturated/α-hetero) is 1. The molecule has 0 aromatic heterocycles. The van der Waals surface area contributed by atoms with E-state index in [2.05, 4.69) is 4.72 Å². The van der Waals surface area contributed by atoms with Gasteiger partial charge in [-0.05, 0) is 80.7 Å². The molecule has 2 aromatic carbocycles. The first kappa shape index (κ1) is 27.9. The summed E-state index contributed by atoms with van der Waals surface area (Å²) in [6.07, 6.45) is 1.55. The quantitative estimate of drug-likeness (QED) is 0.485. The first-order valence-corrected chi connectivity index (χ1v) is 13.6. The first-order chi connectivity index (χ1) is 16.9. The van der Waals surface area contributed by atoms with Gasteiger partial charge < -0.3 is 9.80 Å². The van der Waals surface area contributed by atoms with Crippen molar-refractivity contribution in [2.45, 2.75) is 26.2 Å². The van der Waals surface area contributed by atoms with Crippen molar-refractivity contribution in [2.75, 3.05) is 46.0 Å². The minimum atomic E-state index is -3.79.